The standard InChI is InChI=1S/C19H29NO3/c21-17(22)4-3-13-2-1-5-20(12-13)18(23)19-9-14-6-15(10-19)8-16(7-14)11-19/h13-16H,1-12H2,(H,21,22). The monoisotopic (exact) mass is 319 g/mol. The highest BCUT2D eigenvalue weighted by Gasteiger charge is 2.55. The van der Waals surface area contributed by atoms with Crippen LogP contribution in [-0.4, -0.2) is 35.0 Å². The highest BCUT2D eigenvalue weighted by Crippen LogP contribution is 2.60. The van der Waals surface area contributed by atoms with Crippen molar-refractivity contribution in [2.75, 3.05) is 13.1 Å². The Morgan fingerprint density at radius 3 is 2.22 bits per heavy atom. The number of amides is 1. The zero-order chi connectivity index (χ0) is 16.0. The molecular weight excluding hydrogens is 290 g/mol. The lowest BCUT2D eigenvalue weighted by molar-refractivity contribution is -0.159. The van der Waals surface area contributed by atoms with Crippen molar-refractivity contribution < 1.29 is 14.7 Å². The minimum Gasteiger partial charge on any atom is -0.481 e. The molecule has 1 amide bonds. The number of carboxylic acids is 1. The molecule has 4 nitrogen and oxygen atoms in total. The van der Waals surface area contributed by atoms with Crippen molar-refractivity contribution in [2.45, 2.75) is 64.2 Å². The highest BCUT2D eigenvalue weighted by molar-refractivity contribution is 5.83. The van der Waals surface area contributed by atoms with E-state index in [0.29, 0.717) is 11.8 Å². The third-order valence-corrected chi connectivity index (χ3v) is 7.06. The first-order chi connectivity index (χ1) is 11.0. The van der Waals surface area contributed by atoms with E-state index in [-0.39, 0.29) is 11.8 Å². The normalized spacial score (nSPS) is 42.0. The van der Waals surface area contributed by atoms with E-state index in [4.69, 9.17) is 5.11 Å². The van der Waals surface area contributed by atoms with E-state index in [2.05, 4.69) is 4.90 Å². The van der Waals surface area contributed by atoms with Crippen molar-refractivity contribution in [1.29, 1.82) is 0 Å². The minimum absolute atomic E-state index is 0.0383. The maximum absolute atomic E-state index is 13.3. The van der Waals surface area contributed by atoms with Crippen LogP contribution >= 0.6 is 0 Å². The van der Waals surface area contributed by atoms with Crippen molar-refractivity contribution in [2.24, 2.45) is 29.1 Å². The van der Waals surface area contributed by atoms with Crippen LogP contribution in [0.3, 0.4) is 0 Å². The molecule has 1 heterocycles. The van der Waals surface area contributed by atoms with Gasteiger partial charge in [0.15, 0.2) is 0 Å². The van der Waals surface area contributed by atoms with E-state index in [1.54, 1.807) is 0 Å². The Kier molecular flexibility index (Phi) is 3.89. The van der Waals surface area contributed by atoms with Gasteiger partial charge in [0.05, 0.1) is 5.41 Å². The van der Waals surface area contributed by atoms with Crippen LogP contribution in [0.5, 0.6) is 0 Å². The number of piperidine rings is 1. The molecule has 4 saturated carbocycles. The molecule has 4 aliphatic carbocycles. The second-order valence-electron chi connectivity index (χ2n) is 8.89. The first-order valence-corrected chi connectivity index (χ1v) is 9.55. The number of hydrogen-bond acceptors (Lipinski definition) is 2. The van der Waals surface area contributed by atoms with E-state index in [0.717, 1.165) is 69.4 Å². The Morgan fingerprint density at radius 2 is 1.65 bits per heavy atom. The molecule has 5 rings (SSSR count). The molecular formula is C19H29NO3. The molecule has 5 aliphatic rings. The average Bonchev–Trinajstić information content (AvgIpc) is 2.51. The molecule has 1 saturated heterocycles. The number of rotatable bonds is 4. The van der Waals surface area contributed by atoms with Crippen LogP contribution in [0.4, 0.5) is 0 Å². The van der Waals surface area contributed by atoms with Gasteiger partial charge < -0.3 is 10.0 Å². The lowest BCUT2D eigenvalue weighted by atomic mass is 9.49. The number of nitrogens with zero attached hydrogens (tertiary/aromatic N) is 1. The van der Waals surface area contributed by atoms with Gasteiger partial charge in [-0.25, -0.2) is 0 Å². The number of hydrogen-bond donors (Lipinski definition) is 1. The molecule has 128 valence electrons. The van der Waals surface area contributed by atoms with Gasteiger partial charge in [0, 0.05) is 19.5 Å². The van der Waals surface area contributed by atoms with E-state index in [1.165, 1.54) is 19.3 Å². The third kappa shape index (κ3) is 2.89. The molecule has 1 atom stereocenters. The van der Waals surface area contributed by atoms with Crippen LogP contribution in [0, 0.1) is 29.1 Å². The number of likely N-dealkylation sites (tertiary alicyclic amines) is 1. The molecule has 0 aromatic rings. The number of aliphatic carboxylic acids is 1. The maximum atomic E-state index is 13.3. The first kappa shape index (κ1) is 15.5. The zero-order valence-corrected chi connectivity index (χ0v) is 14.0. The van der Waals surface area contributed by atoms with Crippen LogP contribution in [0.25, 0.3) is 0 Å². The number of carbonyl (C=O) groups excluding carboxylic acids is 1. The molecule has 1 unspecified atom stereocenters. The fraction of sp³-hybridized carbons (Fsp3) is 0.895. The van der Waals surface area contributed by atoms with Crippen molar-refractivity contribution in [3.8, 4) is 0 Å². The lowest BCUT2D eigenvalue weighted by Gasteiger charge is -2.57. The summed E-state index contributed by atoms with van der Waals surface area (Å²) in [5.74, 6) is 2.51. The van der Waals surface area contributed by atoms with Crippen molar-refractivity contribution >= 4 is 11.9 Å². The molecule has 5 fully saturated rings. The fourth-order valence-corrected chi connectivity index (χ4v) is 6.52. The molecule has 4 heteroatoms. The van der Waals surface area contributed by atoms with Gasteiger partial charge in [-0.1, -0.05) is 0 Å². The average molecular weight is 319 g/mol. The van der Waals surface area contributed by atoms with Gasteiger partial charge in [0.25, 0.3) is 0 Å². The van der Waals surface area contributed by atoms with Gasteiger partial charge >= 0.3 is 5.97 Å². The van der Waals surface area contributed by atoms with Crippen molar-refractivity contribution in [1.82, 2.24) is 4.90 Å². The summed E-state index contributed by atoms with van der Waals surface area (Å²) in [5, 5.41) is 8.89. The number of carboxylic acid groups (broad SMARTS) is 1. The molecule has 0 spiro atoms. The summed E-state index contributed by atoms with van der Waals surface area (Å²) in [7, 11) is 0. The SMILES string of the molecule is O=C(O)CCC1CCCN(C(=O)C23CC4CC(CC(C4)C2)C3)C1. The predicted octanol–water partition coefficient (Wildman–Crippen LogP) is 3.31. The predicted molar refractivity (Wildman–Crippen MR) is 86.8 cm³/mol. The first-order valence-electron chi connectivity index (χ1n) is 9.55. The Labute approximate surface area is 138 Å². The highest BCUT2D eigenvalue weighted by atomic mass is 16.4. The largest absolute Gasteiger partial charge is 0.481 e. The Morgan fingerprint density at radius 1 is 1.04 bits per heavy atom. The summed E-state index contributed by atoms with van der Waals surface area (Å²) >= 11 is 0. The summed E-state index contributed by atoms with van der Waals surface area (Å²) in [4.78, 5) is 26.3. The van der Waals surface area contributed by atoms with Gasteiger partial charge in [-0.3, -0.25) is 9.59 Å². The summed E-state index contributed by atoms with van der Waals surface area (Å²) in [6.45, 7) is 1.69. The Balaban J connectivity index is 1.43. The van der Waals surface area contributed by atoms with E-state index in [9.17, 15) is 9.59 Å². The topological polar surface area (TPSA) is 57.6 Å². The van der Waals surface area contributed by atoms with Crippen molar-refractivity contribution in [3.63, 3.8) is 0 Å². The third-order valence-electron chi connectivity index (χ3n) is 7.06. The van der Waals surface area contributed by atoms with Crippen LogP contribution in [-0.2, 0) is 9.59 Å². The fourth-order valence-electron chi connectivity index (χ4n) is 6.52. The van der Waals surface area contributed by atoms with Gasteiger partial charge in [-0.05, 0) is 81.5 Å². The van der Waals surface area contributed by atoms with Crippen LogP contribution in [0.15, 0.2) is 0 Å². The lowest BCUT2D eigenvalue weighted by Crippen LogP contribution is -2.56. The van der Waals surface area contributed by atoms with Gasteiger partial charge in [0.1, 0.15) is 0 Å². The maximum Gasteiger partial charge on any atom is 0.303 e. The number of carbonyl (C=O) groups is 2. The Hall–Kier alpha value is -1.06. The summed E-state index contributed by atoms with van der Waals surface area (Å²) in [5.41, 5.74) is -0.0383. The molecule has 0 aromatic heterocycles. The summed E-state index contributed by atoms with van der Waals surface area (Å²) in [6.07, 6.45) is 10.6. The molecule has 0 radical (unpaired) electrons. The zero-order valence-electron chi connectivity index (χ0n) is 14.0. The summed E-state index contributed by atoms with van der Waals surface area (Å²) < 4.78 is 0. The summed E-state index contributed by atoms with van der Waals surface area (Å²) in [6, 6.07) is 0. The quantitative estimate of drug-likeness (QED) is 0.865. The molecule has 0 aromatic carbocycles. The molecule has 1 N–H and O–H groups in total. The van der Waals surface area contributed by atoms with Gasteiger partial charge in [-0.15, -0.1) is 0 Å². The minimum atomic E-state index is -0.713. The van der Waals surface area contributed by atoms with Crippen LogP contribution in [0.2, 0.25) is 0 Å². The van der Waals surface area contributed by atoms with Crippen LogP contribution in [0.1, 0.15) is 64.2 Å². The van der Waals surface area contributed by atoms with E-state index < -0.39 is 5.97 Å². The van der Waals surface area contributed by atoms with E-state index >= 15 is 0 Å². The van der Waals surface area contributed by atoms with Crippen molar-refractivity contribution in [3.05, 3.63) is 0 Å². The van der Waals surface area contributed by atoms with E-state index in [1.807, 2.05) is 0 Å². The molecule has 1 aliphatic heterocycles. The van der Waals surface area contributed by atoms with Gasteiger partial charge in [0.2, 0.25) is 5.91 Å². The second kappa shape index (κ2) is 5.78. The van der Waals surface area contributed by atoms with Crippen LogP contribution < -0.4 is 0 Å². The molecule has 23 heavy (non-hydrogen) atoms. The molecule has 4 bridgehead atoms. The smallest absolute Gasteiger partial charge is 0.303 e. The van der Waals surface area contributed by atoms with Gasteiger partial charge in [-0.2, -0.15) is 0 Å². The second-order valence-corrected chi connectivity index (χ2v) is 8.89. The Bertz CT molecular complexity index is 466.